The first-order chi connectivity index (χ1) is 13.9. The van der Waals surface area contributed by atoms with E-state index in [-0.39, 0.29) is 11.9 Å². The minimum atomic E-state index is -1.96. The highest BCUT2D eigenvalue weighted by atomic mass is 32.2. The summed E-state index contributed by atoms with van der Waals surface area (Å²) in [7, 11) is 0. The summed E-state index contributed by atoms with van der Waals surface area (Å²) in [5.41, 5.74) is 3.27. The molecule has 1 amide bonds. The fourth-order valence-corrected chi connectivity index (χ4v) is 4.50. The van der Waals surface area contributed by atoms with E-state index < -0.39 is 11.1 Å². The van der Waals surface area contributed by atoms with Gasteiger partial charge in [0, 0.05) is 48.5 Å². The van der Waals surface area contributed by atoms with E-state index in [0.717, 1.165) is 24.3 Å². The average Bonchev–Trinajstić information content (AvgIpc) is 3.03. The number of rotatable bonds is 4. The lowest BCUT2D eigenvalue weighted by atomic mass is 10.1. The maximum Gasteiger partial charge on any atom is 0.242 e. The predicted octanol–water partition coefficient (Wildman–Crippen LogP) is 3.27. The lowest BCUT2D eigenvalue weighted by Gasteiger charge is -2.41. The zero-order valence-corrected chi connectivity index (χ0v) is 17.4. The third-order valence-corrected chi connectivity index (χ3v) is 6.32. The monoisotopic (exact) mass is 411 g/mol. The van der Waals surface area contributed by atoms with Crippen molar-refractivity contribution in [1.29, 1.82) is 0 Å². The van der Waals surface area contributed by atoms with Crippen LogP contribution in [0.2, 0.25) is 0 Å². The molecule has 3 aromatic rings. The lowest BCUT2D eigenvalue weighted by molar-refractivity contribution is -0.134. The second kappa shape index (κ2) is 8.00. The number of anilines is 1. The fraction of sp³-hybridized carbons (Fsp3) is 0.318. The molecular formula is C22H25N3O3S. The molecule has 0 saturated carbocycles. The molecule has 1 saturated heterocycles. The van der Waals surface area contributed by atoms with E-state index in [4.69, 9.17) is 4.55 Å². The SMILES string of the molecule is Cc1cn(CC(=O)N2CCN(c3ccc(S(=O)O)cc3)CC2C)c2ccccc12. The highest BCUT2D eigenvalue weighted by Gasteiger charge is 2.28. The van der Waals surface area contributed by atoms with Gasteiger partial charge < -0.3 is 18.9 Å². The van der Waals surface area contributed by atoms with E-state index in [1.54, 1.807) is 12.1 Å². The molecule has 0 radical (unpaired) electrons. The predicted molar refractivity (Wildman–Crippen MR) is 116 cm³/mol. The molecule has 2 unspecified atom stereocenters. The van der Waals surface area contributed by atoms with Crippen LogP contribution in [0.3, 0.4) is 0 Å². The Kier molecular flexibility index (Phi) is 5.43. The maximum atomic E-state index is 13.0. The van der Waals surface area contributed by atoms with Crippen LogP contribution in [0.15, 0.2) is 59.6 Å². The highest BCUT2D eigenvalue weighted by molar-refractivity contribution is 7.79. The first-order valence-electron chi connectivity index (χ1n) is 9.74. The molecule has 2 heterocycles. The molecule has 0 aliphatic carbocycles. The van der Waals surface area contributed by atoms with Crippen LogP contribution in [0.5, 0.6) is 0 Å². The molecule has 152 valence electrons. The lowest BCUT2D eigenvalue weighted by Crippen LogP contribution is -2.54. The summed E-state index contributed by atoms with van der Waals surface area (Å²) >= 11 is -1.96. The van der Waals surface area contributed by atoms with Crippen molar-refractivity contribution < 1.29 is 13.6 Å². The Bertz CT molecular complexity index is 1060. The van der Waals surface area contributed by atoms with Crippen molar-refractivity contribution in [3.63, 3.8) is 0 Å². The minimum Gasteiger partial charge on any atom is -0.368 e. The summed E-state index contributed by atoms with van der Waals surface area (Å²) in [6.07, 6.45) is 2.05. The maximum absolute atomic E-state index is 13.0. The van der Waals surface area contributed by atoms with Crippen molar-refractivity contribution in [2.75, 3.05) is 24.5 Å². The van der Waals surface area contributed by atoms with Crippen LogP contribution < -0.4 is 4.90 Å². The number of amides is 1. The van der Waals surface area contributed by atoms with Crippen molar-refractivity contribution in [3.8, 4) is 0 Å². The normalized spacial score (nSPS) is 18.2. The van der Waals surface area contributed by atoms with Gasteiger partial charge in [-0.2, -0.15) is 0 Å². The van der Waals surface area contributed by atoms with E-state index in [9.17, 15) is 9.00 Å². The molecule has 2 aromatic carbocycles. The summed E-state index contributed by atoms with van der Waals surface area (Å²) in [5, 5.41) is 1.19. The summed E-state index contributed by atoms with van der Waals surface area (Å²) < 4.78 is 22.3. The third kappa shape index (κ3) is 3.93. The summed E-state index contributed by atoms with van der Waals surface area (Å²) in [6, 6.07) is 15.3. The Morgan fingerprint density at radius 1 is 1.14 bits per heavy atom. The number of para-hydroxylation sites is 1. The Hall–Kier alpha value is -2.64. The number of aromatic nitrogens is 1. The van der Waals surface area contributed by atoms with E-state index in [0.29, 0.717) is 18.0 Å². The number of carbonyl (C=O) groups excluding carboxylic acids is 1. The van der Waals surface area contributed by atoms with Gasteiger partial charge >= 0.3 is 0 Å². The smallest absolute Gasteiger partial charge is 0.242 e. The quantitative estimate of drug-likeness (QED) is 0.669. The minimum absolute atomic E-state index is 0.0887. The second-order valence-electron chi connectivity index (χ2n) is 7.58. The Morgan fingerprint density at radius 3 is 2.55 bits per heavy atom. The van der Waals surface area contributed by atoms with Gasteiger partial charge in [0.1, 0.15) is 6.54 Å². The zero-order chi connectivity index (χ0) is 20.5. The standard InChI is InChI=1S/C22H25N3O3S/c1-16-13-24(21-6-4-3-5-20(16)21)15-22(26)25-12-11-23(14-17(25)2)18-7-9-19(10-8-18)29(27)28/h3-10,13,17H,11-12,14-15H2,1-2H3,(H,27,28). The molecular weight excluding hydrogens is 386 g/mol. The summed E-state index contributed by atoms with van der Waals surface area (Å²) in [4.78, 5) is 17.6. The zero-order valence-electron chi connectivity index (χ0n) is 16.6. The second-order valence-corrected chi connectivity index (χ2v) is 8.55. The van der Waals surface area contributed by atoms with Crippen LogP contribution >= 0.6 is 0 Å². The number of carbonyl (C=O) groups is 1. The van der Waals surface area contributed by atoms with Crippen LogP contribution in [-0.2, 0) is 22.4 Å². The van der Waals surface area contributed by atoms with Crippen molar-refractivity contribution in [3.05, 3.63) is 60.3 Å². The Labute approximate surface area is 173 Å². The first-order valence-corrected chi connectivity index (χ1v) is 10.8. The molecule has 6 nitrogen and oxygen atoms in total. The van der Waals surface area contributed by atoms with Crippen LogP contribution in [0.1, 0.15) is 12.5 Å². The number of aryl methyl sites for hydroxylation is 1. The number of hydrogen-bond acceptors (Lipinski definition) is 3. The van der Waals surface area contributed by atoms with Gasteiger partial charge in [0.05, 0.1) is 4.90 Å². The Morgan fingerprint density at radius 2 is 1.86 bits per heavy atom. The summed E-state index contributed by atoms with van der Waals surface area (Å²) in [5.74, 6) is 0.129. The molecule has 0 spiro atoms. The highest BCUT2D eigenvalue weighted by Crippen LogP contribution is 2.23. The van der Waals surface area contributed by atoms with Crippen LogP contribution in [0.4, 0.5) is 5.69 Å². The van der Waals surface area contributed by atoms with Gasteiger partial charge in [-0.05, 0) is 49.7 Å². The van der Waals surface area contributed by atoms with Crippen LogP contribution in [0.25, 0.3) is 10.9 Å². The van der Waals surface area contributed by atoms with Crippen LogP contribution in [0, 0.1) is 6.92 Å². The van der Waals surface area contributed by atoms with Gasteiger partial charge in [0.25, 0.3) is 0 Å². The molecule has 1 aromatic heterocycles. The largest absolute Gasteiger partial charge is 0.368 e. The van der Waals surface area contributed by atoms with Crippen molar-refractivity contribution >= 4 is 33.6 Å². The average molecular weight is 412 g/mol. The molecule has 4 rings (SSSR count). The molecule has 1 fully saturated rings. The van der Waals surface area contributed by atoms with Gasteiger partial charge in [0.15, 0.2) is 11.1 Å². The molecule has 1 aliphatic heterocycles. The topological polar surface area (TPSA) is 65.8 Å². The number of hydrogen-bond donors (Lipinski definition) is 1. The van der Waals surface area contributed by atoms with Gasteiger partial charge in [0.2, 0.25) is 5.91 Å². The first kappa shape index (κ1) is 19.7. The molecule has 0 bridgehead atoms. The van der Waals surface area contributed by atoms with Gasteiger partial charge in [-0.1, -0.05) is 18.2 Å². The van der Waals surface area contributed by atoms with Gasteiger partial charge in [-0.3, -0.25) is 4.79 Å². The molecule has 1 N–H and O–H groups in total. The van der Waals surface area contributed by atoms with Gasteiger partial charge in [-0.25, -0.2) is 4.21 Å². The number of piperazine rings is 1. The number of nitrogens with zero attached hydrogens (tertiary/aromatic N) is 3. The molecule has 7 heteroatoms. The third-order valence-electron chi connectivity index (χ3n) is 5.64. The van der Waals surface area contributed by atoms with Crippen molar-refractivity contribution in [2.45, 2.75) is 31.3 Å². The van der Waals surface area contributed by atoms with Crippen LogP contribution in [-0.4, -0.2) is 49.8 Å². The van der Waals surface area contributed by atoms with Crippen molar-refractivity contribution in [2.24, 2.45) is 0 Å². The number of fused-ring (bicyclic) bond motifs is 1. The van der Waals surface area contributed by atoms with E-state index in [1.807, 2.05) is 33.7 Å². The van der Waals surface area contributed by atoms with E-state index in [1.165, 1.54) is 10.9 Å². The summed E-state index contributed by atoms with van der Waals surface area (Å²) in [6.45, 7) is 6.62. The Balaban J connectivity index is 1.44. The van der Waals surface area contributed by atoms with E-state index >= 15 is 0 Å². The van der Waals surface area contributed by atoms with E-state index in [2.05, 4.69) is 37.1 Å². The fourth-order valence-electron chi connectivity index (χ4n) is 4.13. The van der Waals surface area contributed by atoms with Gasteiger partial charge in [-0.15, -0.1) is 0 Å². The molecule has 2 atom stereocenters. The van der Waals surface area contributed by atoms with Crippen molar-refractivity contribution in [1.82, 2.24) is 9.47 Å². The molecule has 29 heavy (non-hydrogen) atoms. The number of benzene rings is 2. The molecule has 1 aliphatic rings.